The fourth-order valence-electron chi connectivity index (χ4n) is 2.84. The number of hydrogen-bond donors (Lipinski definition) is 2. The number of nitrogens with one attached hydrogen (secondary N) is 1. The summed E-state index contributed by atoms with van der Waals surface area (Å²) in [5, 5.41) is 12.6. The number of carboxylic acid groups (broad SMARTS) is 1. The van der Waals surface area contributed by atoms with Gasteiger partial charge >= 0.3 is 5.97 Å². The van der Waals surface area contributed by atoms with Gasteiger partial charge in [0.2, 0.25) is 0 Å². The molecular formula is C19H22N2O2S. The Bertz CT molecular complexity index is 699. The molecule has 1 aliphatic heterocycles. The molecule has 0 aromatic heterocycles. The van der Waals surface area contributed by atoms with Crippen LogP contribution in [-0.2, 0) is 13.1 Å². The number of carboxylic acids is 1. The Morgan fingerprint density at radius 1 is 1.12 bits per heavy atom. The molecule has 0 saturated carbocycles. The predicted octanol–water partition coefficient (Wildman–Crippen LogP) is 3.55. The van der Waals surface area contributed by atoms with Crippen LogP contribution in [0.5, 0.6) is 0 Å². The number of thioether (sulfide) groups is 1. The van der Waals surface area contributed by atoms with Gasteiger partial charge in [-0.15, -0.1) is 0 Å². The van der Waals surface area contributed by atoms with Gasteiger partial charge in [0.1, 0.15) is 0 Å². The van der Waals surface area contributed by atoms with Crippen LogP contribution in [0.4, 0.5) is 5.69 Å². The van der Waals surface area contributed by atoms with E-state index < -0.39 is 5.97 Å². The van der Waals surface area contributed by atoms with Crippen LogP contribution in [0.15, 0.2) is 48.5 Å². The number of anilines is 1. The van der Waals surface area contributed by atoms with Crippen molar-refractivity contribution in [1.82, 2.24) is 4.90 Å². The summed E-state index contributed by atoms with van der Waals surface area (Å²) < 4.78 is 0. The highest BCUT2D eigenvalue weighted by molar-refractivity contribution is 7.99. The number of nitrogens with zero attached hydrogens (tertiary/aromatic N) is 1. The maximum Gasteiger partial charge on any atom is 0.335 e. The Hall–Kier alpha value is -1.98. The van der Waals surface area contributed by atoms with Crippen LogP contribution in [0.1, 0.15) is 21.5 Å². The van der Waals surface area contributed by atoms with Crippen molar-refractivity contribution in [3.05, 3.63) is 65.2 Å². The zero-order chi connectivity index (χ0) is 16.8. The van der Waals surface area contributed by atoms with Crippen LogP contribution >= 0.6 is 11.8 Å². The average molecular weight is 342 g/mol. The highest BCUT2D eigenvalue weighted by Crippen LogP contribution is 2.20. The maximum absolute atomic E-state index is 11.1. The number of rotatable bonds is 6. The molecule has 0 amide bonds. The summed E-state index contributed by atoms with van der Waals surface area (Å²) in [5.41, 5.74) is 3.71. The molecule has 126 valence electrons. The van der Waals surface area contributed by atoms with Crippen LogP contribution in [-0.4, -0.2) is 40.6 Å². The van der Waals surface area contributed by atoms with Gasteiger partial charge in [-0.3, -0.25) is 4.90 Å². The lowest BCUT2D eigenvalue weighted by Crippen LogP contribution is -2.32. The highest BCUT2D eigenvalue weighted by atomic mass is 32.2. The Morgan fingerprint density at radius 3 is 2.71 bits per heavy atom. The van der Waals surface area contributed by atoms with E-state index in [1.807, 2.05) is 23.9 Å². The second-order valence-corrected chi connectivity index (χ2v) is 7.13. The van der Waals surface area contributed by atoms with Gasteiger partial charge < -0.3 is 10.4 Å². The van der Waals surface area contributed by atoms with Crippen LogP contribution in [0, 0.1) is 0 Å². The van der Waals surface area contributed by atoms with Gasteiger partial charge in [0.25, 0.3) is 0 Å². The molecule has 4 nitrogen and oxygen atoms in total. The zero-order valence-electron chi connectivity index (χ0n) is 13.6. The first-order chi connectivity index (χ1) is 11.7. The van der Waals surface area contributed by atoms with E-state index in [9.17, 15) is 4.79 Å². The lowest BCUT2D eigenvalue weighted by Gasteiger charge is -2.27. The standard InChI is InChI=1S/C19H22N2O2S/c22-19(23)16-6-3-4-15(12-16)13-20-18-7-2-1-5-17(18)14-21-8-10-24-11-9-21/h1-7,12,20H,8-11,13-14H2,(H,22,23). The van der Waals surface area contributed by atoms with Gasteiger partial charge in [-0.25, -0.2) is 4.79 Å². The van der Waals surface area contributed by atoms with Crippen molar-refractivity contribution < 1.29 is 9.90 Å². The fourth-order valence-corrected chi connectivity index (χ4v) is 3.82. The van der Waals surface area contributed by atoms with Crippen molar-refractivity contribution in [1.29, 1.82) is 0 Å². The van der Waals surface area contributed by atoms with Gasteiger partial charge in [0, 0.05) is 43.4 Å². The van der Waals surface area contributed by atoms with Crippen molar-refractivity contribution >= 4 is 23.4 Å². The Balaban J connectivity index is 1.66. The molecule has 1 aliphatic rings. The molecule has 0 atom stereocenters. The van der Waals surface area contributed by atoms with Crippen molar-refractivity contribution in [3.8, 4) is 0 Å². The fraction of sp³-hybridized carbons (Fsp3) is 0.316. The number of hydrogen-bond acceptors (Lipinski definition) is 4. The van der Waals surface area contributed by atoms with Crippen molar-refractivity contribution in [2.45, 2.75) is 13.1 Å². The molecule has 1 saturated heterocycles. The van der Waals surface area contributed by atoms with E-state index in [0.29, 0.717) is 12.1 Å². The Morgan fingerprint density at radius 2 is 1.92 bits per heavy atom. The van der Waals surface area contributed by atoms with Gasteiger partial charge in [-0.2, -0.15) is 11.8 Å². The van der Waals surface area contributed by atoms with Crippen molar-refractivity contribution in [2.75, 3.05) is 29.9 Å². The number of carbonyl (C=O) groups is 1. The zero-order valence-corrected chi connectivity index (χ0v) is 14.4. The van der Waals surface area contributed by atoms with E-state index in [0.717, 1.165) is 30.9 Å². The van der Waals surface area contributed by atoms with E-state index in [4.69, 9.17) is 5.11 Å². The minimum atomic E-state index is -0.889. The highest BCUT2D eigenvalue weighted by Gasteiger charge is 2.12. The minimum Gasteiger partial charge on any atom is -0.478 e. The summed E-state index contributed by atoms with van der Waals surface area (Å²) >= 11 is 2.02. The lowest BCUT2D eigenvalue weighted by atomic mass is 10.1. The number of benzene rings is 2. The van der Waals surface area contributed by atoms with Crippen LogP contribution in [0.3, 0.4) is 0 Å². The van der Waals surface area contributed by atoms with Crippen LogP contribution < -0.4 is 5.32 Å². The third-order valence-corrected chi connectivity index (χ3v) is 5.11. The molecule has 0 unspecified atom stereocenters. The first-order valence-electron chi connectivity index (χ1n) is 8.16. The summed E-state index contributed by atoms with van der Waals surface area (Å²) in [6.45, 7) is 3.85. The van der Waals surface area contributed by atoms with E-state index >= 15 is 0 Å². The molecule has 0 bridgehead atoms. The van der Waals surface area contributed by atoms with Gasteiger partial charge in [-0.05, 0) is 29.3 Å². The molecule has 24 heavy (non-hydrogen) atoms. The second kappa shape index (κ2) is 8.22. The Labute approximate surface area is 146 Å². The summed E-state index contributed by atoms with van der Waals surface area (Å²) in [6.07, 6.45) is 0. The molecule has 0 radical (unpaired) electrons. The molecule has 2 N–H and O–H groups in total. The second-order valence-electron chi connectivity index (χ2n) is 5.90. The molecular weight excluding hydrogens is 320 g/mol. The third kappa shape index (κ3) is 4.52. The third-order valence-electron chi connectivity index (χ3n) is 4.17. The topological polar surface area (TPSA) is 52.6 Å². The molecule has 2 aromatic rings. The molecule has 0 aliphatic carbocycles. The van der Waals surface area contributed by atoms with E-state index in [-0.39, 0.29) is 0 Å². The largest absolute Gasteiger partial charge is 0.478 e. The number of para-hydroxylation sites is 1. The smallest absolute Gasteiger partial charge is 0.335 e. The normalized spacial score (nSPS) is 15.2. The number of aromatic carboxylic acids is 1. The average Bonchev–Trinajstić information content (AvgIpc) is 2.62. The van der Waals surface area contributed by atoms with Crippen LogP contribution in [0.25, 0.3) is 0 Å². The molecule has 1 fully saturated rings. The SMILES string of the molecule is O=C(O)c1cccc(CNc2ccccc2CN2CCSCC2)c1. The molecule has 3 rings (SSSR count). The molecule has 5 heteroatoms. The van der Waals surface area contributed by atoms with E-state index in [2.05, 4.69) is 28.4 Å². The van der Waals surface area contributed by atoms with E-state index in [1.54, 1.807) is 18.2 Å². The van der Waals surface area contributed by atoms with Crippen LogP contribution in [0.2, 0.25) is 0 Å². The van der Waals surface area contributed by atoms with Crippen molar-refractivity contribution in [2.24, 2.45) is 0 Å². The molecule has 0 spiro atoms. The first-order valence-corrected chi connectivity index (χ1v) is 9.32. The van der Waals surface area contributed by atoms with Gasteiger partial charge in [-0.1, -0.05) is 30.3 Å². The van der Waals surface area contributed by atoms with Gasteiger partial charge in [0.05, 0.1) is 5.56 Å². The van der Waals surface area contributed by atoms with Gasteiger partial charge in [0.15, 0.2) is 0 Å². The summed E-state index contributed by atoms with van der Waals surface area (Å²) in [5.74, 6) is 1.52. The lowest BCUT2D eigenvalue weighted by molar-refractivity contribution is 0.0697. The van der Waals surface area contributed by atoms with E-state index in [1.165, 1.54) is 17.1 Å². The maximum atomic E-state index is 11.1. The summed E-state index contributed by atoms with van der Waals surface area (Å²) in [4.78, 5) is 13.6. The summed E-state index contributed by atoms with van der Waals surface area (Å²) in [7, 11) is 0. The minimum absolute atomic E-state index is 0.327. The quantitative estimate of drug-likeness (QED) is 0.841. The first kappa shape index (κ1) is 16.9. The summed E-state index contributed by atoms with van der Waals surface area (Å²) in [6, 6.07) is 15.4. The monoisotopic (exact) mass is 342 g/mol. The predicted molar refractivity (Wildman–Crippen MR) is 99.8 cm³/mol. The van der Waals surface area contributed by atoms with Crippen molar-refractivity contribution in [3.63, 3.8) is 0 Å². The molecule has 2 aromatic carbocycles. The Kier molecular flexibility index (Phi) is 5.77. The molecule has 1 heterocycles.